The van der Waals surface area contributed by atoms with Crippen LogP contribution in [0.15, 0.2) is 0 Å². The smallest absolute Gasteiger partial charge is 0.215 e. The maximum Gasteiger partial charge on any atom is 0.215 e. The van der Waals surface area contributed by atoms with Crippen molar-refractivity contribution in [1.29, 1.82) is 0 Å². The Hall–Kier alpha value is -0.170. The molecule has 1 fully saturated rings. The Labute approximate surface area is 111 Å². The summed E-state index contributed by atoms with van der Waals surface area (Å²) in [6.07, 6.45) is 3.24. The summed E-state index contributed by atoms with van der Waals surface area (Å²) in [5, 5.41) is 3.28. The number of ether oxygens (including phenoxy) is 1. The fraction of sp³-hybridized carbons (Fsp3) is 1.00. The van der Waals surface area contributed by atoms with Gasteiger partial charge in [0, 0.05) is 25.7 Å². The molecule has 6 heteroatoms. The summed E-state index contributed by atoms with van der Waals surface area (Å²) in [6, 6.07) is 0.116. The normalized spacial score (nSPS) is 21.4. The van der Waals surface area contributed by atoms with E-state index in [2.05, 4.69) is 5.32 Å². The summed E-state index contributed by atoms with van der Waals surface area (Å²) < 4.78 is 31.3. The van der Waals surface area contributed by atoms with Crippen LogP contribution in [0, 0.1) is 0 Å². The summed E-state index contributed by atoms with van der Waals surface area (Å²) >= 11 is 0. The molecule has 1 aliphatic rings. The quantitative estimate of drug-likeness (QED) is 0.668. The molecule has 18 heavy (non-hydrogen) atoms. The van der Waals surface area contributed by atoms with Crippen molar-refractivity contribution in [2.75, 3.05) is 38.6 Å². The van der Waals surface area contributed by atoms with E-state index in [0.29, 0.717) is 26.3 Å². The lowest BCUT2D eigenvalue weighted by molar-refractivity contribution is 0.135. The standard InChI is InChI=1S/C12H26N2O3S/c1-3-14(9-10-17-4-2)18(15,16)11-12-7-5-6-8-13-12/h12-13H,3-11H2,1-2H3. The van der Waals surface area contributed by atoms with Crippen molar-refractivity contribution < 1.29 is 13.2 Å². The molecule has 1 saturated heterocycles. The van der Waals surface area contributed by atoms with Gasteiger partial charge in [-0.15, -0.1) is 0 Å². The highest BCUT2D eigenvalue weighted by Crippen LogP contribution is 2.11. The number of sulfonamides is 1. The van der Waals surface area contributed by atoms with E-state index >= 15 is 0 Å². The van der Waals surface area contributed by atoms with Gasteiger partial charge in [-0.3, -0.25) is 0 Å². The summed E-state index contributed by atoms with van der Waals surface area (Å²) in [5.41, 5.74) is 0. The zero-order chi connectivity index (χ0) is 13.4. The molecule has 0 bridgehead atoms. The Morgan fingerprint density at radius 3 is 2.67 bits per heavy atom. The summed E-state index contributed by atoms with van der Waals surface area (Å²) in [7, 11) is -3.16. The van der Waals surface area contributed by atoms with E-state index in [1.54, 1.807) is 0 Å². The second-order valence-corrected chi connectivity index (χ2v) is 6.63. The average Bonchev–Trinajstić information content (AvgIpc) is 2.35. The second kappa shape index (κ2) is 8.09. The molecule has 0 aromatic carbocycles. The fourth-order valence-electron chi connectivity index (χ4n) is 2.23. The van der Waals surface area contributed by atoms with Crippen LogP contribution in [0.4, 0.5) is 0 Å². The van der Waals surface area contributed by atoms with Gasteiger partial charge in [-0.25, -0.2) is 8.42 Å². The SMILES string of the molecule is CCOCCN(CC)S(=O)(=O)CC1CCCCN1. The predicted octanol–water partition coefficient (Wildman–Crippen LogP) is 0.817. The number of hydrogen-bond acceptors (Lipinski definition) is 4. The summed E-state index contributed by atoms with van der Waals surface area (Å²) in [4.78, 5) is 0. The van der Waals surface area contributed by atoms with Crippen LogP contribution in [-0.2, 0) is 14.8 Å². The average molecular weight is 278 g/mol. The molecule has 5 nitrogen and oxygen atoms in total. The number of hydrogen-bond donors (Lipinski definition) is 1. The highest BCUT2D eigenvalue weighted by molar-refractivity contribution is 7.89. The van der Waals surface area contributed by atoms with Crippen molar-refractivity contribution >= 4 is 10.0 Å². The van der Waals surface area contributed by atoms with E-state index < -0.39 is 10.0 Å². The van der Waals surface area contributed by atoms with Gasteiger partial charge in [0.15, 0.2) is 0 Å². The molecule has 1 N–H and O–H groups in total. The zero-order valence-corrected chi connectivity index (χ0v) is 12.3. The third-order valence-electron chi connectivity index (χ3n) is 3.26. The van der Waals surface area contributed by atoms with E-state index in [-0.39, 0.29) is 11.8 Å². The molecule has 1 unspecified atom stereocenters. The van der Waals surface area contributed by atoms with E-state index in [0.717, 1.165) is 25.8 Å². The second-order valence-electron chi connectivity index (χ2n) is 4.61. The minimum atomic E-state index is -3.16. The Bertz CT molecular complexity index is 313. The molecule has 0 aromatic rings. The van der Waals surface area contributed by atoms with Crippen LogP contribution in [0.5, 0.6) is 0 Å². The van der Waals surface area contributed by atoms with Crippen LogP contribution in [0.1, 0.15) is 33.1 Å². The molecule has 1 atom stereocenters. The third kappa shape index (κ3) is 5.22. The minimum absolute atomic E-state index is 0.116. The molecule has 1 heterocycles. The molecular weight excluding hydrogens is 252 g/mol. The van der Waals surface area contributed by atoms with Gasteiger partial charge in [0.1, 0.15) is 0 Å². The molecule has 0 aliphatic carbocycles. The lowest BCUT2D eigenvalue weighted by Crippen LogP contribution is -2.44. The van der Waals surface area contributed by atoms with E-state index in [1.807, 2.05) is 13.8 Å². The maximum atomic E-state index is 12.3. The molecule has 108 valence electrons. The maximum absolute atomic E-state index is 12.3. The van der Waals surface area contributed by atoms with Crippen LogP contribution in [-0.4, -0.2) is 57.4 Å². The van der Waals surface area contributed by atoms with Gasteiger partial charge in [0.25, 0.3) is 0 Å². The molecule has 0 radical (unpaired) electrons. The van der Waals surface area contributed by atoms with Crippen LogP contribution < -0.4 is 5.32 Å². The monoisotopic (exact) mass is 278 g/mol. The predicted molar refractivity (Wildman–Crippen MR) is 73.2 cm³/mol. The Morgan fingerprint density at radius 2 is 2.11 bits per heavy atom. The van der Waals surface area contributed by atoms with E-state index in [9.17, 15) is 8.42 Å². The van der Waals surface area contributed by atoms with Gasteiger partial charge >= 0.3 is 0 Å². The highest BCUT2D eigenvalue weighted by Gasteiger charge is 2.25. The van der Waals surface area contributed by atoms with Crippen molar-refractivity contribution in [3.05, 3.63) is 0 Å². The lowest BCUT2D eigenvalue weighted by atomic mass is 10.1. The minimum Gasteiger partial charge on any atom is -0.380 e. The fourth-order valence-corrected chi connectivity index (χ4v) is 3.98. The van der Waals surface area contributed by atoms with Crippen molar-refractivity contribution in [1.82, 2.24) is 9.62 Å². The van der Waals surface area contributed by atoms with Gasteiger partial charge in [0.05, 0.1) is 12.4 Å². The first-order chi connectivity index (χ1) is 8.60. The van der Waals surface area contributed by atoms with Gasteiger partial charge in [0.2, 0.25) is 10.0 Å². The first-order valence-electron chi connectivity index (χ1n) is 6.89. The number of rotatable bonds is 8. The highest BCUT2D eigenvalue weighted by atomic mass is 32.2. The molecule has 1 aliphatic heterocycles. The number of likely N-dealkylation sites (N-methyl/N-ethyl adjacent to an activating group) is 1. The van der Waals surface area contributed by atoms with E-state index in [1.165, 1.54) is 4.31 Å². The van der Waals surface area contributed by atoms with Crippen molar-refractivity contribution in [3.63, 3.8) is 0 Å². The lowest BCUT2D eigenvalue weighted by Gasteiger charge is -2.27. The third-order valence-corrected chi connectivity index (χ3v) is 5.31. The van der Waals surface area contributed by atoms with Crippen LogP contribution >= 0.6 is 0 Å². The molecule has 0 saturated carbocycles. The topological polar surface area (TPSA) is 58.6 Å². The first-order valence-corrected chi connectivity index (χ1v) is 8.50. The Balaban J connectivity index is 2.47. The van der Waals surface area contributed by atoms with E-state index in [4.69, 9.17) is 4.74 Å². The van der Waals surface area contributed by atoms with Crippen molar-refractivity contribution in [2.24, 2.45) is 0 Å². The number of nitrogens with zero attached hydrogens (tertiary/aromatic N) is 1. The Kier molecular flexibility index (Phi) is 7.14. The van der Waals surface area contributed by atoms with Gasteiger partial charge in [-0.2, -0.15) is 4.31 Å². The van der Waals surface area contributed by atoms with Gasteiger partial charge < -0.3 is 10.1 Å². The molecule has 0 amide bonds. The van der Waals surface area contributed by atoms with Crippen LogP contribution in [0.2, 0.25) is 0 Å². The van der Waals surface area contributed by atoms with Crippen molar-refractivity contribution in [3.8, 4) is 0 Å². The van der Waals surface area contributed by atoms with Crippen molar-refractivity contribution in [2.45, 2.75) is 39.2 Å². The Morgan fingerprint density at radius 1 is 1.33 bits per heavy atom. The number of piperidine rings is 1. The summed E-state index contributed by atoms with van der Waals surface area (Å²) in [5.74, 6) is 0.215. The van der Waals surface area contributed by atoms with Gasteiger partial charge in [-0.1, -0.05) is 13.3 Å². The number of nitrogens with one attached hydrogen (secondary N) is 1. The molecule has 0 spiro atoms. The largest absolute Gasteiger partial charge is 0.380 e. The summed E-state index contributed by atoms with van der Waals surface area (Å²) in [6.45, 7) is 6.80. The zero-order valence-electron chi connectivity index (χ0n) is 11.5. The molecule has 0 aromatic heterocycles. The molecular formula is C12H26N2O3S. The first kappa shape index (κ1) is 15.9. The van der Waals surface area contributed by atoms with Gasteiger partial charge in [-0.05, 0) is 26.3 Å². The molecule has 1 rings (SSSR count). The van der Waals surface area contributed by atoms with Crippen LogP contribution in [0.25, 0.3) is 0 Å². The van der Waals surface area contributed by atoms with Crippen LogP contribution in [0.3, 0.4) is 0 Å².